The minimum Gasteiger partial charge on any atom is -0.477 e. The molecular weight excluding hydrogens is 578 g/mol. The third kappa shape index (κ3) is 5.62. The zero-order chi connectivity index (χ0) is 29.3. The molecule has 2 aliphatic heterocycles. The first-order valence-corrected chi connectivity index (χ1v) is 13.4. The van der Waals surface area contributed by atoms with Crippen molar-refractivity contribution in [2.45, 2.75) is 24.4 Å². The highest BCUT2D eigenvalue weighted by molar-refractivity contribution is 8.00. The maximum absolute atomic E-state index is 13.5. The van der Waals surface area contributed by atoms with Crippen molar-refractivity contribution in [3.8, 4) is 11.8 Å². The number of carboxylic acids is 1. The van der Waals surface area contributed by atoms with Crippen molar-refractivity contribution in [2.24, 2.45) is 0 Å². The topological polar surface area (TPSA) is 190 Å². The fourth-order valence-electron chi connectivity index (χ4n) is 4.32. The molecule has 3 aromatic rings. The van der Waals surface area contributed by atoms with E-state index >= 15 is 0 Å². The second-order valence-electron chi connectivity index (χ2n) is 8.86. The van der Waals surface area contributed by atoms with E-state index in [2.05, 4.69) is 25.6 Å². The van der Waals surface area contributed by atoms with Crippen molar-refractivity contribution in [1.29, 1.82) is 0 Å². The summed E-state index contributed by atoms with van der Waals surface area (Å²) in [5, 5.41) is 25.6. The van der Waals surface area contributed by atoms with Crippen LogP contribution in [0.4, 0.5) is 11.6 Å². The molecule has 0 spiro atoms. The van der Waals surface area contributed by atoms with E-state index in [1.807, 2.05) is 0 Å². The third-order valence-corrected chi connectivity index (χ3v) is 7.77. The SMILES string of the molecule is CC1=C(C(=O)O)N2C(=O)C(NC(=O)C(Nc3nc(Cl)nc(Oc4ccccc4[N+](=O)[O-])n3)c3ccccc3)C2SC1. The average molecular weight is 598 g/mol. The van der Waals surface area contributed by atoms with Gasteiger partial charge in [0, 0.05) is 11.8 Å². The van der Waals surface area contributed by atoms with Gasteiger partial charge in [0.1, 0.15) is 23.2 Å². The van der Waals surface area contributed by atoms with Crippen molar-refractivity contribution in [1.82, 2.24) is 25.2 Å². The van der Waals surface area contributed by atoms with Crippen LogP contribution in [0.3, 0.4) is 0 Å². The Morgan fingerprint density at radius 2 is 1.88 bits per heavy atom. The Balaban J connectivity index is 1.39. The van der Waals surface area contributed by atoms with E-state index in [4.69, 9.17) is 16.3 Å². The van der Waals surface area contributed by atoms with Crippen molar-refractivity contribution in [3.63, 3.8) is 0 Å². The molecule has 1 aromatic heterocycles. The van der Waals surface area contributed by atoms with E-state index in [0.29, 0.717) is 16.9 Å². The summed E-state index contributed by atoms with van der Waals surface area (Å²) in [6, 6.07) is 11.7. The van der Waals surface area contributed by atoms with Gasteiger partial charge in [0.2, 0.25) is 22.9 Å². The van der Waals surface area contributed by atoms with E-state index in [0.717, 1.165) is 0 Å². The van der Waals surface area contributed by atoms with E-state index in [9.17, 15) is 29.6 Å². The number of anilines is 1. The molecule has 0 bridgehead atoms. The normalized spacial score (nSPS) is 18.6. The maximum atomic E-state index is 13.5. The molecule has 2 aromatic carbocycles. The van der Waals surface area contributed by atoms with E-state index < -0.39 is 40.2 Å². The van der Waals surface area contributed by atoms with Gasteiger partial charge in [-0.3, -0.25) is 24.6 Å². The van der Waals surface area contributed by atoms with Gasteiger partial charge < -0.3 is 20.5 Å². The summed E-state index contributed by atoms with van der Waals surface area (Å²) in [6.45, 7) is 1.65. The highest BCUT2D eigenvalue weighted by Gasteiger charge is 2.54. The van der Waals surface area contributed by atoms with Crippen molar-refractivity contribution >= 4 is 52.8 Å². The van der Waals surface area contributed by atoms with Gasteiger partial charge >= 0.3 is 17.7 Å². The van der Waals surface area contributed by atoms with Crippen LogP contribution >= 0.6 is 23.4 Å². The number of hydrogen-bond acceptors (Lipinski definition) is 11. The van der Waals surface area contributed by atoms with Crippen LogP contribution in [0.2, 0.25) is 5.28 Å². The summed E-state index contributed by atoms with van der Waals surface area (Å²) in [6.07, 6.45) is 0. The number of aromatic nitrogens is 3. The highest BCUT2D eigenvalue weighted by Crippen LogP contribution is 2.40. The van der Waals surface area contributed by atoms with Crippen LogP contribution in [-0.2, 0) is 14.4 Å². The second-order valence-corrected chi connectivity index (χ2v) is 10.3. The van der Waals surface area contributed by atoms with Gasteiger partial charge in [-0.2, -0.15) is 15.0 Å². The van der Waals surface area contributed by atoms with Crippen molar-refractivity contribution in [3.05, 3.63) is 86.8 Å². The van der Waals surface area contributed by atoms with Crippen LogP contribution in [0.1, 0.15) is 18.5 Å². The van der Waals surface area contributed by atoms with Crippen LogP contribution in [0, 0.1) is 10.1 Å². The van der Waals surface area contributed by atoms with Crippen LogP contribution < -0.4 is 15.4 Å². The number of nitro benzene ring substituents is 1. The minimum atomic E-state index is -1.21. The Bertz CT molecular complexity index is 1590. The first kappa shape index (κ1) is 27.8. The molecule has 41 heavy (non-hydrogen) atoms. The molecule has 3 N–H and O–H groups in total. The molecule has 1 saturated heterocycles. The van der Waals surface area contributed by atoms with Gasteiger partial charge in [-0.05, 0) is 35.7 Å². The number of aliphatic carboxylic acids is 1. The highest BCUT2D eigenvalue weighted by atomic mass is 35.5. The number of carboxylic acid groups (broad SMARTS) is 1. The molecule has 210 valence electrons. The number of halogens is 1. The zero-order valence-electron chi connectivity index (χ0n) is 21.1. The van der Waals surface area contributed by atoms with Crippen LogP contribution in [0.15, 0.2) is 65.9 Å². The predicted molar refractivity (Wildman–Crippen MR) is 146 cm³/mol. The number of benzene rings is 2. The number of nitro groups is 1. The lowest BCUT2D eigenvalue weighted by Gasteiger charge is -2.49. The fourth-order valence-corrected chi connectivity index (χ4v) is 5.77. The first-order chi connectivity index (χ1) is 19.6. The van der Waals surface area contributed by atoms with Crippen LogP contribution in [0.25, 0.3) is 0 Å². The number of ether oxygens (including phenoxy) is 1. The number of amides is 2. The second kappa shape index (κ2) is 11.4. The number of nitrogens with one attached hydrogen (secondary N) is 2. The number of carbonyl (C=O) groups is 3. The quantitative estimate of drug-likeness (QED) is 0.186. The van der Waals surface area contributed by atoms with E-state index in [-0.39, 0.29) is 34.4 Å². The Hall–Kier alpha value is -4.76. The number of para-hydroxylation sites is 2. The molecule has 0 saturated carbocycles. The summed E-state index contributed by atoms with van der Waals surface area (Å²) >= 11 is 7.42. The number of rotatable bonds is 9. The largest absolute Gasteiger partial charge is 0.477 e. The molecule has 16 heteroatoms. The van der Waals surface area contributed by atoms with Gasteiger partial charge in [0.25, 0.3) is 5.91 Å². The standard InChI is InChI=1S/C25H20ClN7O7S/c1-12-11-41-21-17(20(35)32(21)18(12)22(36)37)27-19(34)16(13-7-3-2-4-8-13)28-24-29-23(26)30-25(31-24)40-15-10-6-5-9-14(15)33(38)39/h2-10,16-17,21H,11H2,1H3,(H,27,34)(H,36,37)(H,28,29,30,31). The van der Waals surface area contributed by atoms with Crippen LogP contribution in [0.5, 0.6) is 11.8 Å². The summed E-state index contributed by atoms with van der Waals surface area (Å²) in [7, 11) is 0. The number of hydrogen-bond donors (Lipinski definition) is 3. The van der Waals surface area contributed by atoms with Crippen molar-refractivity contribution in [2.75, 3.05) is 11.1 Å². The van der Waals surface area contributed by atoms with Gasteiger partial charge in [0.05, 0.1) is 4.92 Å². The molecular formula is C25H20ClN7O7S. The summed E-state index contributed by atoms with van der Waals surface area (Å²) in [5.74, 6) is -2.28. The molecule has 3 atom stereocenters. The molecule has 14 nitrogen and oxygen atoms in total. The lowest BCUT2D eigenvalue weighted by molar-refractivity contribution is -0.385. The Kier molecular flexibility index (Phi) is 7.72. The predicted octanol–water partition coefficient (Wildman–Crippen LogP) is 3.14. The molecule has 3 heterocycles. The van der Waals surface area contributed by atoms with Gasteiger partial charge in [0.15, 0.2) is 0 Å². The Morgan fingerprint density at radius 3 is 2.59 bits per heavy atom. The summed E-state index contributed by atoms with van der Waals surface area (Å²) in [4.78, 5) is 62.0. The molecule has 2 aliphatic rings. The van der Waals surface area contributed by atoms with Crippen molar-refractivity contribution < 1.29 is 29.2 Å². The number of β-lactam (4-membered cyclic amide) rings is 1. The number of fused-ring (bicyclic) bond motifs is 1. The summed E-state index contributed by atoms with van der Waals surface area (Å²) < 4.78 is 5.51. The fraction of sp³-hybridized carbons (Fsp3) is 0.200. The monoisotopic (exact) mass is 597 g/mol. The molecule has 5 rings (SSSR count). The van der Waals surface area contributed by atoms with Gasteiger partial charge in [-0.25, -0.2) is 4.79 Å². The minimum absolute atomic E-state index is 0.0759. The van der Waals surface area contributed by atoms with Crippen LogP contribution in [-0.4, -0.2) is 64.8 Å². The number of carbonyl (C=O) groups excluding carboxylic acids is 2. The Morgan fingerprint density at radius 1 is 1.17 bits per heavy atom. The lowest BCUT2D eigenvalue weighted by atomic mass is 10.0. The first-order valence-electron chi connectivity index (χ1n) is 12.0. The molecule has 0 radical (unpaired) electrons. The number of nitrogens with zero attached hydrogens (tertiary/aromatic N) is 5. The molecule has 2 amide bonds. The van der Waals surface area contributed by atoms with Gasteiger partial charge in [-0.15, -0.1) is 11.8 Å². The molecule has 3 unspecified atom stereocenters. The summed E-state index contributed by atoms with van der Waals surface area (Å²) in [5.41, 5.74) is 0.653. The van der Waals surface area contributed by atoms with E-state index in [1.54, 1.807) is 37.3 Å². The third-order valence-electron chi connectivity index (χ3n) is 6.18. The van der Waals surface area contributed by atoms with Gasteiger partial charge in [-0.1, -0.05) is 42.5 Å². The smallest absolute Gasteiger partial charge is 0.352 e. The van der Waals surface area contributed by atoms with E-state index in [1.165, 1.54) is 40.9 Å². The average Bonchev–Trinajstić information content (AvgIpc) is 2.94. The maximum Gasteiger partial charge on any atom is 0.352 e. The molecule has 1 fully saturated rings. The lowest BCUT2D eigenvalue weighted by Crippen LogP contribution is -2.70. The zero-order valence-corrected chi connectivity index (χ0v) is 22.6. The molecule has 0 aliphatic carbocycles. The Labute approximate surface area is 240 Å². The number of thioether (sulfide) groups is 1.